The van der Waals surface area contributed by atoms with E-state index in [4.69, 9.17) is 21.4 Å². The maximum absolute atomic E-state index is 12.9. The molecule has 0 saturated carbocycles. The van der Waals surface area contributed by atoms with Crippen LogP contribution in [0.3, 0.4) is 0 Å². The Bertz CT molecular complexity index is 1300. The largest absolute Gasteiger partial charge is 0.478 e. The second-order valence-electron chi connectivity index (χ2n) is 7.48. The maximum Gasteiger partial charge on any atom is 0.416 e. The van der Waals surface area contributed by atoms with Gasteiger partial charge in [0.25, 0.3) is 0 Å². The predicted molar refractivity (Wildman–Crippen MR) is 123 cm³/mol. The fourth-order valence-corrected chi connectivity index (χ4v) is 4.40. The third-order valence-electron chi connectivity index (χ3n) is 4.95. The first-order chi connectivity index (χ1) is 16.2. The van der Waals surface area contributed by atoms with Crippen molar-refractivity contribution in [2.24, 2.45) is 0 Å². The lowest BCUT2D eigenvalue weighted by Crippen LogP contribution is -2.05. The van der Waals surface area contributed by atoms with E-state index in [1.165, 1.54) is 29.5 Å². The van der Waals surface area contributed by atoms with Crippen molar-refractivity contribution < 1.29 is 27.8 Å². The molecule has 2 heterocycles. The summed E-state index contributed by atoms with van der Waals surface area (Å²) in [5.41, 5.74) is 1.38. The summed E-state index contributed by atoms with van der Waals surface area (Å²) in [5, 5.41) is 9.09. The van der Waals surface area contributed by atoms with Gasteiger partial charge in [-0.3, -0.25) is 0 Å². The van der Waals surface area contributed by atoms with Crippen molar-refractivity contribution in [3.63, 3.8) is 0 Å². The minimum absolute atomic E-state index is 0.00753. The molecule has 2 aromatic carbocycles. The first-order valence-corrected chi connectivity index (χ1v) is 11.3. The first kappa shape index (κ1) is 24.0. The average Bonchev–Trinajstić information content (AvgIpc) is 3.39. The van der Waals surface area contributed by atoms with E-state index in [0.717, 1.165) is 22.6 Å². The van der Waals surface area contributed by atoms with Gasteiger partial charge in [0.1, 0.15) is 0 Å². The molecule has 176 valence electrons. The summed E-state index contributed by atoms with van der Waals surface area (Å²) < 4.78 is 46.9. The van der Waals surface area contributed by atoms with E-state index >= 15 is 0 Å². The lowest BCUT2D eigenvalue weighted by Gasteiger charge is -2.08. The minimum Gasteiger partial charge on any atom is -0.478 e. The molecule has 0 amide bonds. The van der Waals surface area contributed by atoms with E-state index < -0.39 is 17.7 Å². The quantitative estimate of drug-likeness (QED) is 0.287. The number of imidazole rings is 1. The van der Waals surface area contributed by atoms with E-state index in [-0.39, 0.29) is 18.8 Å². The molecule has 0 spiro atoms. The summed E-state index contributed by atoms with van der Waals surface area (Å²) in [6.07, 6.45) is -2.60. The van der Waals surface area contributed by atoms with Crippen LogP contribution in [0.25, 0.3) is 10.7 Å². The van der Waals surface area contributed by atoms with E-state index in [1.807, 2.05) is 10.6 Å². The van der Waals surface area contributed by atoms with Crippen molar-refractivity contribution in [3.05, 3.63) is 99.1 Å². The molecule has 10 heteroatoms. The highest BCUT2D eigenvalue weighted by Crippen LogP contribution is 2.32. The highest BCUT2D eigenvalue weighted by Gasteiger charge is 2.30. The number of ether oxygens (including phenoxy) is 1. The minimum atomic E-state index is -4.41. The molecule has 0 saturated heterocycles. The number of hydrogen-bond donors (Lipinski definition) is 1. The predicted octanol–water partition coefficient (Wildman–Crippen LogP) is 6.75. The monoisotopic (exact) mass is 506 g/mol. The van der Waals surface area contributed by atoms with Crippen LogP contribution in [0.1, 0.15) is 32.7 Å². The van der Waals surface area contributed by atoms with Crippen LogP contribution in [-0.2, 0) is 30.7 Å². The molecule has 0 fully saturated rings. The van der Waals surface area contributed by atoms with Crippen LogP contribution in [0.2, 0.25) is 4.34 Å². The van der Waals surface area contributed by atoms with Crippen molar-refractivity contribution in [2.45, 2.75) is 25.9 Å². The Kier molecular flexibility index (Phi) is 7.06. The zero-order valence-electron chi connectivity index (χ0n) is 17.6. The number of carbonyl (C=O) groups is 1. The van der Waals surface area contributed by atoms with Crippen LogP contribution in [-0.4, -0.2) is 20.6 Å². The lowest BCUT2D eigenvalue weighted by molar-refractivity contribution is -0.137. The van der Waals surface area contributed by atoms with Gasteiger partial charge >= 0.3 is 12.1 Å². The summed E-state index contributed by atoms with van der Waals surface area (Å²) in [6, 6.07) is 15.2. The number of carboxylic acids is 1. The van der Waals surface area contributed by atoms with Crippen molar-refractivity contribution >= 4 is 28.9 Å². The standard InChI is InChI=1S/C24H18ClF3N2O3S/c25-21-9-8-20(34-21)22-29-19(12-30(22)11-15-4-6-17(7-5-15)23(31)32)14-33-13-16-2-1-3-18(10-16)24(26,27)28/h1-10,12H,11,13-14H2,(H,31,32). The fourth-order valence-electron chi connectivity index (χ4n) is 3.35. The molecule has 34 heavy (non-hydrogen) atoms. The Morgan fingerprint density at radius 3 is 2.47 bits per heavy atom. The molecule has 1 N–H and O–H groups in total. The van der Waals surface area contributed by atoms with Crippen molar-refractivity contribution in [2.75, 3.05) is 0 Å². The molecule has 0 radical (unpaired) electrons. The van der Waals surface area contributed by atoms with Crippen LogP contribution in [0, 0.1) is 0 Å². The number of thiophene rings is 1. The molecular weight excluding hydrogens is 489 g/mol. The first-order valence-electron chi connectivity index (χ1n) is 10.1. The molecule has 2 aromatic heterocycles. The Balaban J connectivity index is 1.51. The second-order valence-corrected chi connectivity index (χ2v) is 9.20. The topological polar surface area (TPSA) is 64.3 Å². The molecule has 0 aliphatic heterocycles. The number of benzene rings is 2. The van der Waals surface area contributed by atoms with Gasteiger partial charge in [0.15, 0.2) is 5.82 Å². The van der Waals surface area contributed by atoms with Crippen LogP contribution < -0.4 is 0 Å². The summed E-state index contributed by atoms with van der Waals surface area (Å²) in [5.74, 6) is -0.333. The van der Waals surface area contributed by atoms with Crippen LogP contribution in [0.5, 0.6) is 0 Å². The number of carboxylic acid groups (broad SMARTS) is 1. The van der Waals surface area contributed by atoms with Gasteiger partial charge in [-0.25, -0.2) is 9.78 Å². The maximum atomic E-state index is 12.9. The van der Waals surface area contributed by atoms with Crippen molar-refractivity contribution in [1.82, 2.24) is 9.55 Å². The Labute approximate surface area is 202 Å². The van der Waals surface area contributed by atoms with E-state index in [0.29, 0.717) is 28.0 Å². The SMILES string of the molecule is O=C(O)c1ccc(Cn2cc(COCc3cccc(C(F)(F)F)c3)nc2-c2ccc(Cl)s2)cc1. The molecule has 4 aromatic rings. The van der Waals surface area contributed by atoms with Gasteiger partial charge in [0.05, 0.1) is 39.2 Å². The van der Waals surface area contributed by atoms with Gasteiger partial charge in [-0.2, -0.15) is 13.2 Å². The van der Waals surface area contributed by atoms with Gasteiger partial charge in [-0.1, -0.05) is 35.9 Å². The number of aromatic nitrogens is 2. The number of alkyl halides is 3. The van der Waals surface area contributed by atoms with Crippen molar-refractivity contribution in [3.8, 4) is 10.7 Å². The summed E-state index contributed by atoms with van der Waals surface area (Å²) in [4.78, 5) is 16.6. The summed E-state index contributed by atoms with van der Waals surface area (Å²) in [7, 11) is 0. The Morgan fingerprint density at radius 1 is 1.06 bits per heavy atom. The van der Waals surface area contributed by atoms with Gasteiger partial charge in [-0.05, 0) is 47.5 Å². The number of halogens is 4. The van der Waals surface area contributed by atoms with E-state index in [2.05, 4.69) is 4.98 Å². The van der Waals surface area contributed by atoms with E-state index in [1.54, 1.807) is 30.5 Å². The second kappa shape index (κ2) is 10.0. The molecule has 0 aliphatic carbocycles. The molecule has 0 aliphatic rings. The Morgan fingerprint density at radius 2 is 1.82 bits per heavy atom. The number of aromatic carboxylic acids is 1. The van der Waals surface area contributed by atoms with Crippen LogP contribution in [0.15, 0.2) is 66.9 Å². The zero-order valence-corrected chi connectivity index (χ0v) is 19.1. The van der Waals surface area contributed by atoms with Crippen LogP contribution in [0.4, 0.5) is 13.2 Å². The van der Waals surface area contributed by atoms with Gasteiger partial charge in [0.2, 0.25) is 0 Å². The molecular formula is C24H18ClF3N2O3S. The number of nitrogens with zero attached hydrogens (tertiary/aromatic N) is 2. The lowest BCUT2D eigenvalue weighted by atomic mass is 10.1. The highest BCUT2D eigenvalue weighted by molar-refractivity contribution is 7.19. The molecule has 5 nitrogen and oxygen atoms in total. The molecule has 4 rings (SSSR count). The smallest absolute Gasteiger partial charge is 0.416 e. The van der Waals surface area contributed by atoms with E-state index in [9.17, 15) is 18.0 Å². The normalized spacial score (nSPS) is 11.6. The van der Waals surface area contributed by atoms with Crippen LogP contribution >= 0.6 is 22.9 Å². The molecule has 0 unspecified atom stereocenters. The average molecular weight is 507 g/mol. The third kappa shape index (κ3) is 5.85. The highest BCUT2D eigenvalue weighted by atomic mass is 35.5. The molecule has 0 bridgehead atoms. The number of rotatable bonds is 8. The Hall–Kier alpha value is -3.14. The zero-order chi connectivity index (χ0) is 24.3. The fraction of sp³-hybridized carbons (Fsp3) is 0.167. The summed E-state index contributed by atoms with van der Waals surface area (Å²) >= 11 is 7.46. The number of hydrogen-bond acceptors (Lipinski definition) is 4. The summed E-state index contributed by atoms with van der Waals surface area (Å²) in [6.45, 7) is 0.548. The van der Waals surface area contributed by atoms with Gasteiger partial charge in [-0.15, -0.1) is 11.3 Å². The molecule has 0 atom stereocenters. The third-order valence-corrected chi connectivity index (χ3v) is 6.17. The van der Waals surface area contributed by atoms with Gasteiger partial charge < -0.3 is 14.4 Å². The van der Waals surface area contributed by atoms with Crippen molar-refractivity contribution in [1.29, 1.82) is 0 Å². The van der Waals surface area contributed by atoms with Gasteiger partial charge in [0, 0.05) is 12.7 Å².